The summed E-state index contributed by atoms with van der Waals surface area (Å²) in [5, 5.41) is 20.3. The van der Waals surface area contributed by atoms with Gasteiger partial charge in [0.25, 0.3) is 5.56 Å². The van der Waals surface area contributed by atoms with Crippen LogP contribution in [0.5, 0.6) is 5.75 Å². The van der Waals surface area contributed by atoms with Crippen molar-refractivity contribution in [3.63, 3.8) is 0 Å². The monoisotopic (exact) mass is 412 g/mol. The van der Waals surface area contributed by atoms with Crippen LogP contribution in [-0.2, 0) is 17.9 Å². The van der Waals surface area contributed by atoms with Crippen LogP contribution < -0.4 is 10.3 Å². The van der Waals surface area contributed by atoms with E-state index in [1.54, 1.807) is 35.0 Å². The molecule has 29 heavy (non-hydrogen) atoms. The first-order valence-corrected chi connectivity index (χ1v) is 9.34. The number of aromatic nitrogens is 4. The molecule has 2 heterocycles. The van der Waals surface area contributed by atoms with Crippen LogP contribution >= 0.6 is 11.6 Å². The number of halogens is 1. The Morgan fingerprint density at radius 2 is 1.97 bits per heavy atom. The summed E-state index contributed by atoms with van der Waals surface area (Å²) in [5.41, 5.74) is 0.817. The van der Waals surface area contributed by atoms with Gasteiger partial charge in [0.2, 0.25) is 0 Å². The fourth-order valence-corrected chi connectivity index (χ4v) is 3.46. The Kier molecular flexibility index (Phi) is 4.94. The van der Waals surface area contributed by atoms with Crippen LogP contribution in [0.1, 0.15) is 12.6 Å². The lowest BCUT2D eigenvalue weighted by atomic mass is 10.1. The molecule has 0 aliphatic carbocycles. The van der Waals surface area contributed by atoms with Gasteiger partial charge in [-0.3, -0.25) is 14.3 Å². The number of carboxylic acids is 1. The van der Waals surface area contributed by atoms with E-state index in [9.17, 15) is 9.59 Å². The van der Waals surface area contributed by atoms with E-state index in [-0.39, 0.29) is 6.54 Å². The number of ether oxygens (including phenoxy) is 1. The minimum absolute atomic E-state index is 0.261. The average molecular weight is 413 g/mol. The average Bonchev–Trinajstić information content (AvgIpc) is 3.06. The third kappa shape index (κ3) is 3.66. The molecule has 4 rings (SSSR count). The lowest BCUT2D eigenvalue weighted by Crippen LogP contribution is -2.28. The lowest BCUT2D eigenvalue weighted by molar-refractivity contribution is -0.138. The first-order chi connectivity index (χ1) is 14.0. The molecule has 0 aliphatic rings. The van der Waals surface area contributed by atoms with Crippen molar-refractivity contribution in [3.8, 4) is 5.75 Å². The number of rotatable bonds is 6. The van der Waals surface area contributed by atoms with Gasteiger partial charge in [-0.15, -0.1) is 0 Å². The quantitative estimate of drug-likeness (QED) is 0.522. The van der Waals surface area contributed by atoms with E-state index < -0.39 is 18.1 Å². The number of hydrogen-bond acceptors (Lipinski definition) is 5. The predicted molar refractivity (Wildman–Crippen MR) is 109 cm³/mol. The van der Waals surface area contributed by atoms with E-state index in [1.807, 2.05) is 19.2 Å². The fraction of sp³-hybridized carbons (Fsp3) is 0.200. The van der Waals surface area contributed by atoms with E-state index in [4.69, 9.17) is 21.4 Å². The van der Waals surface area contributed by atoms with Crippen molar-refractivity contribution in [2.75, 3.05) is 6.61 Å². The van der Waals surface area contributed by atoms with E-state index in [1.165, 1.54) is 0 Å². The van der Waals surface area contributed by atoms with Crippen molar-refractivity contribution in [3.05, 3.63) is 63.7 Å². The Balaban J connectivity index is 1.80. The molecule has 2 aromatic carbocycles. The zero-order valence-electron chi connectivity index (χ0n) is 15.5. The molecule has 0 atom stereocenters. The molecule has 2 aromatic heterocycles. The van der Waals surface area contributed by atoms with Crippen molar-refractivity contribution in [1.29, 1.82) is 0 Å². The smallest absolute Gasteiger partial charge is 0.325 e. The van der Waals surface area contributed by atoms with Gasteiger partial charge < -0.3 is 9.84 Å². The van der Waals surface area contributed by atoms with E-state index in [0.29, 0.717) is 39.4 Å². The number of aliphatic carboxylic acids is 1. The number of hydrogen-bond donors (Lipinski definition) is 1. The summed E-state index contributed by atoms with van der Waals surface area (Å²) in [7, 11) is 0. The molecule has 0 aliphatic heterocycles. The summed E-state index contributed by atoms with van der Waals surface area (Å²) in [6, 6.07) is 10.5. The zero-order valence-corrected chi connectivity index (χ0v) is 16.3. The van der Waals surface area contributed by atoms with E-state index >= 15 is 0 Å². The summed E-state index contributed by atoms with van der Waals surface area (Å²) in [4.78, 5) is 23.7. The van der Waals surface area contributed by atoms with Crippen molar-refractivity contribution >= 4 is 39.2 Å². The molecule has 4 aromatic rings. The molecule has 0 spiro atoms. The molecule has 0 bridgehead atoms. The number of fused-ring (bicyclic) bond motifs is 2. The highest BCUT2D eigenvalue weighted by molar-refractivity contribution is 6.32. The Labute approximate surface area is 169 Å². The molecule has 0 unspecified atom stereocenters. The van der Waals surface area contributed by atoms with E-state index in [0.717, 1.165) is 10.1 Å². The largest absolute Gasteiger partial charge is 0.492 e. The summed E-state index contributed by atoms with van der Waals surface area (Å²) >= 11 is 6.25. The standard InChI is InChI=1S/C20H17ClN4O4/c1-2-29-18-8-16-12(7-15(18)21)9-24(22-16)10-17-13-5-3-4-6-14(13)20(28)25(23-17)11-19(26)27/h3-9H,2,10-11H2,1H3,(H,26,27). The van der Waals surface area contributed by atoms with Gasteiger partial charge in [-0.25, -0.2) is 4.68 Å². The molecule has 0 saturated carbocycles. The van der Waals surface area contributed by atoms with Gasteiger partial charge >= 0.3 is 5.97 Å². The topological polar surface area (TPSA) is 99.2 Å². The Bertz CT molecular complexity index is 1300. The maximum absolute atomic E-state index is 12.5. The van der Waals surface area contributed by atoms with Crippen LogP contribution in [0.4, 0.5) is 0 Å². The van der Waals surface area contributed by atoms with Crippen LogP contribution in [0, 0.1) is 0 Å². The zero-order chi connectivity index (χ0) is 20.5. The summed E-state index contributed by atoms with van der Waals surface area (Å²) in [6.45, 7) is 2.12. The Morgan fingerprint density at radius 3 is 2.69 bits per heavy atom. The molecule has 0 fully saturated rings. The first-order valence-electron chi connectivity index (χ1n) is 8.96. The van der Waals surface area contributed by atoms with Gasteiger partial charge in [0.15, 0.2) is 0 Å². The van der Waals surface area contributed by atoms with Crippen molar-refractivity contribution < 1.29 is 14.6 Å². The summed E-state index contributed by atoms with van der Waals surface area (Å²) in [6.07, 6.45) is 1.82. The highest BCUT2D eigenvalue weighted by atomic mass is 35.5. The van der Waals surface area contributed by atoms with Crippen LogP contribution in [-0.4, -0.2) is 37.2 Å². The van der Waals surface area contributed by atoms with E-state index in [2.05, 4.69) is 10.2 Å². The SMILES string of the molecule is CCOc1cc2nn(Cc3nn(CC(=O)O)c(=O)c4ccccc34)cc2cc1Cl. The molecule has 148 valence electrons. The Hall–Kier alpha value is -3.39. The van der Waals surface area contributed by atoms with Gasteiger partial charge in [-0.05, 0) is 19.1 Å². The van der Waals surface area contributed by atoms with Gasteiger partial charge in [0.1, 0.15) is 12.3 Å². The number of nitrogens with zero attached hydrogens (tertiary/aromatic N) is 4. The van der Waals surface area contributed by atoms with Crippen molar-refractivity contribution in [2.24, 2.45) is 0 Å². The van der Waals surface area contributed by atoms with Crippen molar-refractivity contribution in [2.45, 2.75) is 20.0 Å². The molecule has 9 heteroatoms. The third-order valence-electron chi connectivity index (χ3n) is 4.45. The van der Waals surface area contributed by atoms with Crippen LogP contribution in [0.3, 0.4) is 0 Å². The molecule has 0 amide bonds. The van der Waals surface area contributed by atoms with Gasteiger partial charge in [0.05, 0.1) is 34.8 Å². The molecular formula is C20H17ClN4O4. The highest BCUT2D eigenvalue weighted by Gasteiger charge is 2.14. The molecular weight excluding hydrogens is 396 g/mol. The van der Waals surface area contributed by atoms with Crippen molar-refractivity contribution in [1.82, 2.24) is 19.6 Å². The number of carbonyl (C=O) groups is 1. The minimum atomic E-state index is -1.14. The second-order valence-electron chi connectivity index (χ2n) is 6.45. The summed E-state index contributed by atoms with van der Waals surface area (Å²) in [5.74, 6) is -0.575. The second kappa shape index (κ2) is 7.56. The number of carboxylic acid groups (broad SMARTS) is 1. The summed E-state index contributed by atoms with van der Waals surface area (Å²) < 4.78 is 8.16. The predicted octanol–water partition coefficient (Wildman–Crippen LogP) is 2.93. The van der Waals surface area contributed by atoms with Gasteiger partial charge in [0, 0.05) is 23.0 Å². The van der Waals surface area contributed by atoms with Gasteiger partial charge in [-0.1, -0.05) is 29.8 Å². The second-order valence-corrected chi connectivity index (χ2v) is 6.86. The normalized spacial score (nSPS) is 11.2. The van der Waals surface area contributed by atoms with Crippen LogP contribution in [0.2, 0.25) is 5.02 Å². The molecule has 0 saturated heterocycles. The van der Waals surface area contributed by atoms with Gasteiger partial charge in [-0.2, -0.15) is 10.2 Å². The molecule has 0 radical (unpaired) electrons. The molecule has 8 nitrogen and oxygen atoms in total. The maximum atomic E-state index is 12.5. The first kappa shape index (κ1) is 18.9. The van der Waals surface area contributed by atoms with Crippen LogP contribution in [0.15, 0.2) is 47.4 Å². The highest BCUT2D eigenvalue weighted by Crippen LogP contribution is 2.29. The minimum Gasteiger partial charge on any atom is -0.492 e. The molecule has 1 N–H and O–H groups in total. The lowest BCUT2D eigenvalue weighted by Gasteiger charge is -2.09. The number of benzene rings is 2. The third-order valence-corrected chi connectivity index (χ3v) is 4.74. The fourth-order valence-electron chi connectivity index (χ4n) is 3.23. The maximum Gasteiger partial charge on any atom is 0.325 e. The van der Waals surface area contributed by atoms with Crippen LogP contribution in [0.25, 0.3) is 21.7 Å². The Morgan fingerprint density at radius 1 is 1.21 bits per heavy atom.